The lowest BCUT2D eigenvalue weighted by atomic mass is 10.1. The minimum Gasteiger partial charge on any atom is -0.462 e. The zero-order chi connectivity index (χ0) is 17.1. The van der Waals surface area contributed by atoms with Crippen molar-refractivity contribution in [1.29, 1.82) is 0 Å². The lowest BCUT2D eigenvalue weighted by molar-refractivity contribution is -0.139. The number of thioether (sulfide) groups is 1. The molecule has 7 heteroatoms. The van der Waals surface area contributed by atoms with E-state index in [0.717, 1.165) is 0 Å². The highest BCUT2D eigenvalue weighted by Gasteiger charge is 2.19. The van der Waals surface area contributed by atoms with Crippen LogP contribution in [0.3, 0.4) is 0 Å². The van der Waals surface area contributed by atoms with Crippen LogP contribution in [-0.2, 0) is 19.1 Å². The van der Waals surface area contributed by atoms with Crippen molar-refractivity contribution in [3.63, 3.8) is 0 Å². The average Bonchev–Trinajstić information content (AvgIpc) is 2.52. The van der Waals surface area contributed by atoms with Crippen molar-refractivity contribution < 1.29 is 19.1 Å². The van der Waals surface area contributed by atoms with E-state index in [9.17, 15) is 14.4 Å². The van der Waals surface area contributed by atoms with Gasteiger partial charge in [-0.15, -0.1) is 0 Å². The molecule has 1 N–H and O–H groups in total. The molecule has 0 aliphatic rings. The van der Waals surface area contributed by atoms with Gasteiger partial charge < -0.3 is 10.1 Å². The molecule has 0 aliphatic carbocycles. The maximum absolute atomic E-state index is 12.3. The summed E-state index contributed by atoms with van der Waals surface area (Å²) < 4.78 is 4.94. The molecule has 0 saturated heterocycles. The predicted molar refractivity (Wildman–Crippen MR) is 92.5 cm³/mol. The highest BCUT2D eigenvalue weighted by molar-refractivity contribution is 8.00. The highest BCUT2D eigenvalue weighted by atomic mass is 35.5. The number of amides is 1. The lowest BCUT2D eigenvalue weighted by Gasteiger charge is -2.07. The van der Waals surface area contributed by atoms with Crippen LogP contribution in [0, 0.1) is 0 Å². The van der Waals surface area contributed by atoms with Crippen LogP contribution in [0.4, 0.5) is 0 Å². The first-order valence-corrected chi connectivity index (χ1v) is 8.54. The molecule has 1 aromatic rings. The summed E-state index contributed by atoms with van der Waals surface area (Å²) in [6.45, 7) is 2.34. The number of benzene rings is 1. The predicted octanol–water partition coefficient (Wildman–Crippen LogP) is 2.33. The van der Waals surface area contributed by atoms with E-state index < -0.39 is 5.97 Å². The summed E-state index contributed by atoms with van der Waals surface area (Å²) in [5.41, 5.74) is 0.645. The monoisotopic (exact) mass is 355 g/mol. The number of carbonyl (C=O) groups excluding carboxylic acids is 3. The Labute approximate surface area is 144 Å². The van der Waals surface area contributed by atoms with Crippen molar-refractivity contribution >= 4 is 47.6 Å². The van der Waals surface area contributed by atoms with E-state index in [4.69, 9.17) is 16.3 Å². The Morgan fingerprint density at radius 3 is 2.83 bits per heavy atom. The zero-order valence-corrected chi connectivity index (χ0v) is 14.3. The van der Waals surface area contributed by atoms with E-state index in [1.165, 1.54) is 17.8 Å². The van der Waals surface area contributed by atoms with Crippen LogP contribution in [0.15, 0.2) is 29.8 Å². The molecule has 23 heavy (non-hydrogen) atoms. The number of nitrogens with one attached hydrogen (secondary N) is 1. The molecule has 0 aromatic heterocycles. The van der Waals surface area contributed by atoms with Crippen LogP contribution in [0.25, 0.3) is 6.08 Å². The Hall–Kier alpha value is -1.79. The first kappa shape index (κ1) is 19.3. The summed E-state index contributed by atoms with van der Waals surface area (Å²) in [4.78, 5) is 34.4. The van der Waals surface area contributed by atoms with Gasteiger partial charge in [-0.05, 0) is 30.7 Å². The van der Waals surface area contributed by atoms with E-state index >= 15 is 0 Å². The van der Waals surface area contributed by atoms with Gasteiger partial charge in [-0.25, -0.2) is 4.79 Å². The third-order valence-electron chi connectivity index (χ3n) is 2.66. The second kappa shape index (κ2) is 10.9. The van der Waals surface area contributed by atoms with E-state index in [1.54, 1.807) is 31.2 Å². The van der Waals surface area contributed by atoms with Gasteiger partial charge in [0, 0.05) is 17.3 Å². The van der Waals surface area contributed by atoms with Crippen LogP contribution in [0.2, 0.25) is 5.02 Å². The van der Waals surface area contributed by atoms with Crippen LogP contribution in [0.1, 0.15) is 12.5 Å². The van der Waals surface area contributed by atoms with Crippen LogP contribution >= 0.6 is 23.4 Å². The smallest absolute Gasteiger partial charge is 0.341 e. The van der Waals surface area contributed by atoms with Crippen molar-refractivity contribution in [3.05, 3.63) is 40.4 Å². The first-order valence-electron chi connectivity index (χ1n) is 7.00. The Balaban J connectivity index is 2.81. The molecule has 0 aliphatic heterocycles. The van der Waals surface area contributed by atoms with Gasteiger partial charge in [0.25, 0.3) is 0 Å². The first-order chi connectivity index (χ1) is 11.1. The lowest BCUT2D eigenvalue weighted by Crippen LogP contribution is -2.19. The zero-order valence-electron chi connectivity index (χ0n) is 12.7. The Morgan fingerprint density at radius 2 is 2.17 bits per heavy atom. The number of ether oxygens (including phenoxy) is 1. The fourth-order valence-corrected chi connectivity index (χ4v) is 2.60. The van der Waals surface area contributed by atoms with Gasteiger partial charge in [-0.1, -0.05) is 23.7 Å². The number of carbonyl (C=O) groups is 3. The van der Waals surface area contributed by atoms with E-state index in [-0.39, 0.29) is 23.7 Å². The van der Waals surface area contributed by atoms with Crippen LogP contribution < -0.4 is 5.32 Å². The molecule has 0 radical (unpaired) electrons. The molecule has 0 spiro atoms. The topological polar surface area (TPSA) is 72.5 Å². The second-order valence-corrected chi connectivity index (χ2v) is 5.92. The van der Waals surface area contributed by atoms with Crippen LogP contribution in [-0.4, -0.2) is 42.8 Å². The summed E-state index contributed by atoms with van der Waals surface area (Å²) in [7, 11) is 0. The highest BCUT2D eigenvalue weighted by Crippen LogP contribution is 2.16. The maximum Gasteiger partial charge on any atom is 0.341 e. The molecule has 0 fully saturated rings. The molecule has 1 amide bonds. The van der Waals surface area contributed by atoms with Crippen molar-refractivity contribution in [2.24, 2.45) is 0 Å². The number of ketones is 1. The van der Waals surface area contributed by atoms with Gasteiger partial charge in [0.15, 0.2) is 5.78 Å². The molecule has 124 valence electrons. The average molecular weight is 356 g/mol. The molecule has 0 saturated carbocycles. The molecular weight excluding hydrogens is 338 g/mol. The molecule has 0 bridgehead atoms. The Kier molecular flexibility index (Phi) is 9.09. The van der Waals surface area contributed by atoms with E-state index in [0.29, 0.717) is 29.3 Å². The fourth-order valence-electron chi connectivity index (χ4n) is 1.66. The number of halogens is 1. The third kappa shape index (κ3) is 7.34. The summed E-state index contributed by atoms with van der Waals surface area (Å²) in [5.74, 6) is -0.257. The van der Waals surface area contributed by atoms with Crippen LogP contribution in [0.5, 0.6) is 0 Å². The summed E-state index contributed by atoms with van der Waals surface area (Å²) in [6, 6.07) is 6.86. The number of hydrogen-bond donors (Lipinski definition) is 1. The SMILES string of the molecule is CCOC(=O)/C(=C\c1cccc(Cl)c1)C(=O)CSCCNC=O. The van der Waals surface area contributed by atoms with Gasteiger partial charge in [0.1, 0.15) is 5.57 Å². The fraction of sp³-hybridized carbons (Fsp3) is 0.312. The number of Topliss-reactive ketones (excluding diaryl/α,β-unsaturated/α-hetero) is 1. The number of esters is 1. The van der Waals surface area contributed by atoms with Gasteiger partial charge in [-0.2, -0.15) is 11.8 Å². The maximum atomic E-state index is 12.3. The van der Waals surface area contributed by atoms with Gasteiger partial charge >= 0.3 is 5.97 Å². The second-order valence-electron chi connectivity index (χ2n) is 4.38. The molecule has 0 unspecified atom stereocenters. The molecule has 5 nitrogen and oxygen atoms in total. The Bertz CT molecular complexity index is 589. The van der Waals surface area contributed by atoms with Crippen molar-refractivity contribution in [3.8, 4) is 0 Å². The minimum absolute atomic E-state index is 0.00929. The standard InChI is InChI=1S/C16H18ClNO4S/c1-2-22-16(21)14(9-12-4-3-5-13(17)8-12)15(20)10-23-7-6-18-11-19/h3-5,8-9,11H,2,6-7,10H2,1H3,(H,18,19)/b14-9-. The van der Waals surface area contributed by atoms with Crippen molar-refractivity contribution in [2.75, 3.05) is 24.7 Å². The molecular formula is C16H18ClNO4S. The summed E-state index contributed by atoms with van der Waals surface area (Å²) in [6.07, 6.45) is 2.09. The van der Waals surface area contributed by atoms with Gasteiger partial charge in [0.05, 0.1) is 12.4 Å². The van der Waals surface area contributed by atoms with Gasteiger partial charge in [0.2, 0.25) is 6.41 Å². The van der Waals surface area contributed by atoms with Gasteiger partial charge in [-0.3, -0.25) is 9.59 Å². The Morgan fingerprint density at radius 1 is 1.39 bits per heavy atom. The van der Waals surface area contributed by atoms with E-state index in [2.05, 4.69) is 5.32 Å². The summed E-state index contributed by atoms with van der Waals surface area (Å²) in [5, 5.41) is 3.02. The normalized spacial score (nSPS) is 11.0. The molecule has 0 atom stereocenters. The third-order valence-corrected chi connectivity index (χ3v) is 3.86. The summed E-state index contributed by atoms with van der Waals surface area (Å²) >= 11 is 7.24. The largest absolute Gasteiger partial charge is 0.462 e. The molecule has 0 heterocycles. The van der Waals surface area contributed by atoms with E-state index in [1.807, 2.05) is 0 Å². The quantitative estimate of drug-likeness (QED) is 0.174. The minimum atomic E-state index is -0.649. The number of hydrogen-bond acceptors (Lipinski definition) is 5. The van der Waals surface area contributed by atoms with Crippen molar-refractivity contribution in [1.82, 2.24) is 5.32 Å². The number of rotatable bonds is 10. The molecule has 1 aromatic carbocycles. The van der Waals surface area contributed by atoms with Crippen molar-refractivity contribution in [2.45, 2.75) is 6.92 Å². The molecule has 1 rings (SSSR count).